The first-order valence-electron chi connectivity index (χ1n) is 6.08. The van der Waals surface area contributed by atoms with E-state index in [2.05, 4.69) is 11.8 Å². The summed E-state index contributed by atoms with van der Waals surface area (Å²) in [6.07, 6.45) is 3.42. The average molecular weight is 229 g/mol. The Morgan fingerprint density at radius 2 is 2.12 bits per heavy atom. The third kappa shape index (κ3) is 4.49. The Kier molecular flexibility index (Phi) is 5.77. The van der Waals surface area contributed by atoms with Crippen LogP contribution >= 0.6 is 0 Å². The van der Waals surface area contributed by atoms with Gasteiger partial charge in [0, 0.05) is 26.2 Å². The fourth-order valence-electron chi connectivity index (χ4n) is 2.32. The Hall–Kier alpha value is -0.610. The molecule has 0 aliphatic carbocycles. The van der Waals surface area contributed by atoms with E-state index in [0.717, 1.165) is 39.0 Å². The molecule has 0 spiro atoms. The zero-order chi connectivity index (χ0) is 12.0. The number of methoxy groups -OCH3 is 1. The molecule has 0 radical (unpaired) electrons. The predicted octanol–water partition coefficient (Wildman–Crippen LogP) is 1.60. The van der Waals surface area contributed by atoms with Gasteiger partial charge >= 0.3 is 5.97 Å². The zero-order valence-electron chi connectivity index (χ0n) is 10.3. The molecule has 0 aromatic heterocycles. The van der Waals surface area contributed by atoms with Crippen LogP contribution in [0.2, 0.25) is 0 Å². The van der Waals surface area contributed by atoms with Gasteiger partial charge < -0.3 is 14.7 Å². The molecule has 1 atom stereocenters. The van der Waals surface area contributed by atoms with Crippen molar-refractivity contribution in [1.82, 2.24) is 4.90 Å². The largest absolute Gasteiger partial charge is 0.481 e. The summed E-state index contributed by atoms with van der Waals surface area (Å²) in [7, 11) is 1.73. The standard InChI is InChI=1S/C12H23NO3/c1-10(5-8-16-2)13-6-3-11(4-7-13)9-12(14)15/h10-11H,3-9H2,1-2H3,(H,14,15). The van der Waals surface area contributed by atoms with Gasteiger partial charge in [0.05, 0.1) is 0 Å². The number of aliphatic carboxylic acids is 1. The van der Waals surface area contributed by atoms with Crippen LogP contribution in [-0.2, 0) is 9.53 Å². The van der Waals surface area contributed by atoms with E-state index in [9.17, 15) is 4.79 Å². The van der Waals surface area contributed by atoms with Crippen LogP contribution in [0.4, 0.5) is 0 Å². The fourth-order valence-corrected chi connectivity index (χ4v) is 2.32. The Morgan fingerprint density at radius 1 is 1.50 bits per heavy atom. The van der Waals surface area contributed by atoms with Gasteiger partial charge in [-0.25, -0.2) is 0 Å². The summed E-state index contributed by atoms with van der Waals surface area (Å²) in [4.78, 5) is 13.0. The van der Waals surface area contributed by atoms with Gasteiger partial charge in [0.1, 0.15) is 0 Å². The molecule has 1 N–H and O–H groups in total. The number of hydrogen-bond donors (Lipinski definition) is 1. The first-order valence-corrected chi connectivity index (χ1v) is 6.08. The SMILES string of the molecule is COCCC(C)N1CCC(CC(=O)O)CC1. The van der Waals surface area contributed by atoms with Crippen LogP contribution in [0.15, 0.2) is 0 Å². The van der Waals surface area contributed by atoms with Crippen molar-refractivity contribution in [2.45, 2.75) is 38.6 Å². The Labute approximate surface area is 97.6 Å². The van der Waals surface area contributed by atoms with E-state index < -0.39 is 5.97 Å². The van der Waals surface area contributed by atoms with Crippen LogP contribution in [0.3, 0.4) is 0 Å². The van der Waals surface area contributed by atoms with Gasteiger partial charge in [0.15, 0.2) is 0 Å². The molecule has 1 heterocycles. The minimum atomic E-state index is -0.661. The quantitative estimate of drug-likeness (QED) is 0.751. The number of likely N-dealkylation sites (tertiary alicyclic amines) is 1. The van der Waals surface area contributed by atoms with Gasteiger partial charge in [-0.05, 0) is 45.2 Å². The molecular formula is C12H23NO3. The van der Waals surface area contributed by atoms with E-state index in [0.29, 0.717) is 18.4 Å². The van der Waals surface area contributed by atoms with Crippen molar-refractivity contribution >= 4 is 5.97 Å². The topological polar surface area (TPSA) is 49.8 Å². The highest BCUT2D eigenvalue weighted by atomic mass is 16.5. The van der Waals surface area contributed by atoms with Gasteiger partial charge in [-0.15, -0.1) is 0 Å². The van der Waals surface area contributed by atoms with Gasteiger partial charge in [0.25, 0.3) is 0 Å². The summed E-state index contributed by atoms with van der Waals surface area (Å²) in [6.45, 7) is 5.08. The van der Waals surface area contributed by atoms with E-state index in [1.165, 1.54) is 0 Å². The van der Waals surface area contributed by atoms with Crippen molar-refractivity contribution < 1.29 is 14.6 Å². The highest BCUT2D eigenvalue weighted by Crippen LogP contribution is 2.22. The lowest BCUT2D eigenvalue weighted by atomic mass is 9.92. The normalized spacial score (nSPS) is 20.9. The Morgan fingerprint density at radius 3 is 2.62 bits per heavy atom. The fraction of sp³-hybridized carbons (Fsp3) is 0.917. The van der Waals surface area contributed by atoms with Gasteiger partial charge in [-0.2, -0.15) is 0 Å². The van der Waals surface area contributed by atoms with Crippen molar-refractivity contribution in [3.05, 3.63) is 0 Å². The summed E-state index contributed by atoms with van der Waals surface area (Å²) in [5.41, 5.74) is 0. The first-order chi connectivity index (χ1) is 7.63. The lowest BCUT2D eigenvalue weighted by molar-refractivity contribution is -0.138. The number of hydrogen-bond acceptors (Lipinski definition) is 3. The maximum atomic E-state index is 10.6. The van der Waals surface area contributed by atoms with Crippen molar-refractivity contribution in [3.63, 3.8) is 0 Å². The molecule has 1 aliphatic heterocycles. The molecule has 16 heavy (non-hydrogen) atoms. The molecule has 0 aromatic rings. The molecule has 1 unspecified atom stereocenters. The first kappa shape index (κ1) is 13.5. The van der Waals surface area contributed by atoms with Crippen molar-refractivity contribution in [1.29, 1.82) is 0 Å². The highest BCUT2D eigenvalue weighted by molar-refractivity contribution is 5.67. The molecule has 0 aromatic carbocycles. The van der Waals surface area contributed by atoms with E-state index in [-0.39, 0.29) is 0 Å². The number of carboxylic acid groups (broad SMARTS) is 1. The number of carboxylic acids is 1. The molecule has 1 aliphatic rings. The molecule has 1 saturated heterocycles. The van der Waals surface area contributed by atoms with E-state index in [1.54, 1.807) is 7.11 Å². The number of nitrogens with zero attached hydrogens (tertiary/aromatic N) is 1. The summed E-state index contributed by atoms with van der Waals surface area (Å²) < 4.78 is 5.07. The number of piperidine rings is 1. The molecule has 4 nitrogen and oxygen atoms in total. The van der Waals surface area contributed by atoms with Crippen molar-refractivity contribution in [2.24, 2.45) is 5.92 Å². The Balaban J connectivity index is 2.23. The van der Waals surface area contributed by atoms with Crippen LogP contribution < -0.4 is 0 Å². The zero-order valence-corrected chi connectivity index (χ0v) is 10.3. The second kappa shape index (κ2) is 6.86. The minimum absolute atomic E-state index is 0.334. The molecule has 0 amide bonds. The van der Waals surface area contributed by atoms with Gasteiger partial charge in [-0.3, -0.25) is 4.79 Å². The highest BCUT2D eigenvalue weighted by Gasteiger charge is 2.23. The summed E-state index contributed by atoms with van der Waals surface area (Å²) in [6, 6.07) is 0.547. The van der Waals surface area contributed by atoms with Crippen LogP contribution in [0, 0.1) is 5.92 Å². The Bertz CT molecular complexity index is 212. The second-order valence-electron chi connectivity index (χ2n) is 4.71. The number of rotatable bonds is 6. The van der Waals surface area contributed by atoms with Crippen molar-refractivity contribution in [2.75, 3.05) is 26.8 Å². The molecule has 94 valence electrons. The number of carbonyl (C=O) groups is 1. The third-order valence-corrected chi connectivity index (χ3v) is 3.48. The smallest absolute Gasteiger partial charge is 0.303 e. The van der Waals surface area contributed by atoms with Crippen LogP contribution in [0.25, 0.3) is 0 Å². The number of ether oxygens (including phenoxy) is 1. The summed E-state index contributed by atoms with van der Waals surface area (Å²) in [5.74, 6) is -0.283. The lowest BCUT2D eigenvalue weighted by Gasteiger charge is -2.35. The molecule has 4 heteroatoms. The molecule has 1 rings (SSSR count). The van der Waals surface area contributed by atoms with Crippen molar-refractivity contribution in [3.8, 4) is 0 Å². The molecular weight excluding hydrogens is 206 g/mol. The lowest BCUT2D eigenvalue weighted by Crippen LogP contribution is -2.40. The monoisotopic (exact) mass is 229 g/mol. The molecule has 0 bridgehead atoms. The van der Waals surface area contributed by atoms with Gasteiger partial charge in [0.2, 0.25) is 0 Å². The van der Waals surface area contributed by atoms with Crippen LogP contribution in [-0.4, -0.2) is 48.8 Å². The molecule has 1 fully saturated rings. The van der Waals surface area contributed by atoms with Crippen LogP contribution in [0.5, 0.6) is 0 Å². The van der Waals surface area contributed by atoms with Gasteiger partial charge in [-0.1, -0.05) is 0 Å². The summed E-state index contributed by atoms with van der Waals surface area (Å²) in [5, 5.41) is 8.73. The molecule has 0 saturated carbocycles. The summed E-state index contributed by atoms with van der Waals surface area (Å²) >= 11 is 0. The van der Waals surface area contributed by atoms with E-state index in [1.807, 2.05) is 0 Å². The maximum Gasteiger partial charge on any atom is 0.303 e. The maximum absolute atomic E-state index is 10.6. The average Bonchev–Trinajstić information content (AvgIpc) is 2.26. The predicted molar refractivity (Wildman–Crippen MR) is 62.5 cm³/mol. The van der Waals surface area contributed by atoms with E-state index in [4.69, 9.17) is 9.84 Å². The minimum Gasteiger partial charge on any atom is -0.481 e. The third-order valence-electron chi connectivity index (χ3n) is 3.48. The van der Waals surface area contributed by atoms with E-state index >= 15 is 0 Å². The van der Waals surface area contributed by atoms with Crippen LogP contribution in [0.1, 0.15) is 32.6 Å². The second-order valence-corrected chi connectivity index (χ2v) is 4.71.